The topological polar surface area (TPSA) is 105 Å². The lowest BCUT2D eigenvalue weighted by Crippen LogP contribution is -2.27. The molecule has 0 saturated heterocycles. The molecule has 4 rings (SSSR count). The highest BCUT2D eigenvalue weighted by molar-refractivity contribution is 7.91. The van der Waals surface area contributed by atoms with E-state index in [0.29, 0.717) is 30.2 Å². The first-order valence-corrected chi connectivity index (χ1v) is 12.8. The van der Waals surface area contributed by atoms with Gasteiger partial charge in [0.1, 0.15) is 5.76 Å². The van der Waals surface area contributed by atoms with Crippen molar-refractivity contribution in [1.29, 1.82) is 0 Å². The number of rotatable bonds is 9. The quantitative estimate of drug-likeness (QED) is 0.341. The maximum atomic E-state index is 13.4. The number of aromatic nitrogens is 2. The summed E-state index contributed by atoms with van der Waals surface area (Å²) in [5.41, 5.74) is 2.92. The van der Waals surface area contributed by atoms with Crippen LogP contribution in [0.3, 0.4) is 0 Å². The maximum absolute atomic E-state index is 13.4. The summed E-state index contributed by atoms with van der Waals surface area (Å²) in [6.07, 6.45) is 2.97. The SMILES string of the molecule is CCS(=O)(=O)c1ncc(N(Cc2ccccc2)Cc2ccco2)c(C(=O)Nc2cccc(C)c2)n1. The van der Waals surface area contributed by atoms with Crippen molar-refractivity contribution >= 4 is 27.1 Å². The Morgan fingerprint density at radius 1 is 1.03 bits per heavy atom. The summed E-state index contributed by atoms with van der Waals surface area (Å²) in [5.74, 6) is -0.0277. The molecule has 0 unspecified atom stereocenters. The van der Waals surface area contributed by atoms with E-state index >= 15 is 0 Å². The highest BCUT2D eigenvalue weighted by Crippen LogP contribution is 2.25. The molecular weight excluding hydrogens is 464 g/mol. The van der Waals surface area contributed by atoms with Crippen molar-refractivity contribution in [3.05, 3.63) is 102 Å². The summed E-state index contributed by atoms with van der Waals surface area (Å²) < 4.78 is 30.6. The third-order valence-electron chi connectivity index (χ3n) is 5.38. The van der Waals surface area contributed by atoms with Crippen LogP contribution < -0.4 is 10.2 Å². The first kappa shape index (κ1) is 24.2. The largest absolute Gasteiger partial charge is 0.467 e. The van der Waals surface area contributed by atoms with Crippen LogP contribution in [0.15, 0.2) is 88.8 Å². The molecule has 9 heteroatoms. The van der Waals surface area contributed by atoms with Crippen molar-refractivity contribution in [3.8, 4) is 0 Å². The number of sulfone groups is 1. The average molecular weight is 491 g/mol. The van der Waals surface area contributed by atoms with Gasteiger partial charge in [0.25, 0.3) is 5.91 Å². The first-order chi connectivity index (χ1) is 16.9. The lowest BCUT2D eigenvalue weighted by Gasteiger charge is -2.25. The van der Waals surface area contributed by atoms with Crippen LogP contribution >= 0.6 is 0 Å². The maximum Gasteiger partial charge on any atom is 0.276 e. The number of hydrogen-bond acceptors (Lipinski definition) is 7. The lowest BCUT2D eigenvalue weighted by atomic mass is 10.1. The highest BCUT2D eigenvalue weighted by Gasteiger charge is 2.25. The molecule has 1 amide bonds. The Hall–Kier alpha value is -3.98. The zero-order chi connectivity index (χ0) is 24.8. The fourth-order valence-corrected chi connectivity index (χ4v) is 4.27. The van der Waals surface area contributed by atoms with Crippen molar-refractivity contribution < 1.29 is 17.6 Å². The predicted molar refractivity (Wildman–Crippen MR) is 134 cm³/mol. The van der Waals surface area contributed by atoms with Crippen LogP contribution in [0.4, 0.5) is 11.4 Å². The van der Waals surface area contributed by atoms with E-state index < -0.39 is 15.7 Å². The van der Waals surface area contributed by atoms with Gasteiger partial charge in [0.2, 0.25) is 15.0 Å². The Bertz CT molecular complexity index is 1400. The molecule has 180 valence electrons. The van der Waals surface area contributed by atoms with Crippen LogP contribution in [0.2, 0.25) is 0 Å². The molecule has 0 radical (unpaired) electrons. The zero-order valence-electron chi connectivity index (χ0n) is 19.5. The van der Waals surface area contributed by atoms with Crippen LogP contribution in [0, 0.1) is 6.92 Å². The van der Waals surface area contributed by atoms with E-state index in [9.17, 15) is 13.2 Å². The van der Waals surface area contributed by atoms with Crippen LogP contribution in [0.5, 0.6) is 0 Å². The number of amides is 1. The number of carbonyl (C=O) groups is 1. The van der Waals surface area contributed by atoms with E-state index in [1.54, 1.807) is 18.4 Å². The number of carbonyl (C=O) groups excluding carboxylic acids is 1. The number of furan rings is 1. The third kappa shape index (κ3) is 5.93. The predicted octanol–water partition coefficient (Wildman–Crippen LogP) is 4.63. The molecule has 2 aromatic heterocycles. The van der Waals surface area contributed by atoms with E-state index in [0.717, 1.165) is 11.1 Å². The van der Waals surface area contributed by atoms with Gasteiger partial charge < -0.3 is 14.6 Å². The van der Waals surface area contributed by atoms with E-state index in [2.05, 4.69) is 15.3 Å². The Kier molecular flexibility index (Phi) is 7.26. The molecule has 35 heavy (non-hydrogen) atoms. The molecule has 2 aromatic carbocycles. The lowest BCUT2D eigenvalue weighted by molar-refractivity contribution is 0.102. The number of aryl methyl sites for hydroxylation is 1. The minimum Gasteiger partial charge on any atom is -0.467 e. The summed E-state index contributed by atoms with van der Waals surface area (Å²) in [6.45, 7) is 4.19. The van der Waals surface area contributed by atoms with E-state index in [4.69, 9.17) is 4.42 Å². The fraction of sp³-hybridized carbons (Fsp3) is 0.192. The van der Waals surface area contributed by atoms with Gasteiger partial charge in [0.15, 0.2) is 5.69 Å². The molecule has 0 spiro atoms. The Labute approximate surface area is 204 Å². The van der Waals surface area contributed by atoms with Crippen molar-refractivity contribution in [2.45, 2.75) is 32.1 Å². The van der Waals surface area contributed by atoms with Gasteiger partial charge >= 0.3 is 0 Å². The van der Waals surface area contributed by atoms with Crippen molar-refractivity contribution in [2.75, 3.05) is 16.0 Å². The second kappa shape index (κ2) is 10.5. The molecule has 4 aromatic rings. The summed E-state index contributed by atoms with van der Waals surface area (Å²) in [6, 6.07) is 20.7. The second-order valence-electron chi connectivity index (χ2n) is 8.03. The van der Waals surface area contributed by atoms with Crippen molar-refractivity contribution in [3.63, 3.8) is 0 Å². The Morgan fingerprint density at radius 3 is 2.51 bits per heavy atom. The second-order valence-corrected chi connectivity index (χ2v) is 10.2. The van der Waals surface area contributed by atoms with Gasteiger partial charge in [0.05, 0.1) is 30.4 Å². The minimum absolute atomic E-state index is 0.0315. The van der Waals surface area contributed by atoms with Crippen molar-refractivity contribution in [2.24, 2.45) is 0 Å². The van der Waals surface area contributed by atoms with Crippen LogP contribution in [0.25, 0.3) is 0 Å². The van der Waals surface area contributed by atoms with Crippen LogP contribution in [0.1, 0.15) is 34.3 Å². The van der Waals surface area contributed by atoms with Gasteiger partial charge in [-0.1, -0.05) is 49.4 Å². The molecule has 0 aliphatic heterocycles. The van der Waals surface area contributed by atoms with E-state index in [1.165, 1.54) is 13.1 Å². The number of hydrogen-bond donors (Lipinski definition) is 1. The average Bonchev–Trinajstić information content (AvgIpc) is 3.37. The highest BCUT2D eigenvalue weighted by atomic mass is 32.2. The summed E-state index contributed by atoms with van der Waals surface area (Å²) in [7, 11) is -3.72. The molecule has 0 aliphatic carbocycles. The monoisotopic (exact) mass is 490 g/mol. The van der Waals surface area contributed by atoms with Crippen LogP contribution in [-0.4, -0.2) is 30.0 Å². The normalized spacial score (nSPS) is 11.3. The molecule has 0 fully saturated rings. The summed E-state index contributed by atoms with van der Waals surface area (Å²) >= 11 is 0. The van der Waals surface area contributed by atoms with Gasteiger partial charge in [-0.3, -0.25) is 4.79 Å². The number of anilines is 2. The molecule has 1 N–H and O–H groups in total. The fourth-order valence-electron chi connectivity index (χ4n) is 3.57. The van der Waals surface area contributed by atoms with Gasteiger partial charge in [-0.2, -0.15) is 0 Å². The number of nitrogens with one attached hydrogen (secondary N) is 1. The molecule has 0 atom stereocenters. The Balaban J connectivity index is 1.79. The molecular formula is C26H26N4O4S. The Morgan fingerprint density at radius 2 is 1.83 bits per heavy atom. The van der Waals surface area contributed by atoms with Crippen molar-refractivity contribution in [1.82, 2.24) is 9.97 Å². The molecule has 8 nitrogen and oxygen atoms in total. The van der Waals surface area contributed by atoms with Gasteiger partial charge in [-0.05, 0) is 42.3 Å². The summed E-state index contributed by atoms with van der Waals surface area (Å²) in [4.78, 5) is 23.7. The van der Waals surface area contributed by atoms with Gasteiger partial charge in [0, 0.05) is 12.2 Å². The van der Waals surface area contributed by atoms with E-state index in [1.807, 2.05) is 66.4 Å². The summed E-state index contributed by atoms with van der Waals surface area (Å²) in [5, 5.41) is 2.46. The molecule has 0 bridgehead atoms. The first-order valence-electron chi connectivity index (χ1n) is 11.1. The van der Waals surface area contributed by atoms with Gasteiger partial charge in [-0.15, -0.1) is 0 Å². The van der Waals surface area contributed by atoms with Gasteiger partial charge in [-0.25, -0.2) is 18.4 Å². The third-order valence-corrected chi connectivity index (χ3v) is 6.89. The number of nitrogens with zero attached hydrogens (tertiary/aromatic N) is 3. The standard InChI is InChI=1S/C26H26N4O4S/c1-3-35(32,33)26-27-16-23(24(29-26)25(31)28-21-12-7-9-19(2)15-21)30(18-22-13-8-14-34-22)17-20-10-5-4-6-11-20/h4-16H,3,17-18H2,1-2H3,(H,28,31). The smallest absolute Gasteiger partial charge is 0.276 e. The zero-order valence-corrected chi connectivity index (χ0v) is 20.3. The van der Waals surface area contributed by atoms with Crippen LogP contribution in [-0.2, 0) is 22.9 Å². The minimum atomic E-state index is -3.72. The molecule has 0 aliphatic rings. The molecule has 0 saturated carbocycles. The van der Waals surface area contributed by atoms with E-state index in [-0.39, 0.29) is 16.6 Å². The number of benzene rings is 2. The molecule has 2 heterocycles.